The van der Waals surface area contributed by atoms with Crippen molar-refractivity contribution in [1.82, 2.24) is 0 Å². The van der Waals surface area contributed by atoms with Gasteiger partial charge in [0.2, 0.25) is 0 Å². The molecule has 2 aromatic carbocycles. The number of aldehydes is 1. The second kappa shape index (κ2) is 5.84. The third-order valence-corrected chi connectivity index (χ3v) is 2.75. The molecule has 0 spiro atoms. The van der Waals surface area contributed by atoms with Crippen LogP contribution in [0.4, 0.5) is 18.9 Å². The summed E-state index contributed by atoms with van der Waals surface area (Å²) in [4.78, 5) is 20.9. The summed E-state index contributed by atoms with van der Waals surface area (Å²) in [6.07, 6.45) is -4.50. The molecule has 0 bridgehead atoms. The van der Waals surface area contributed by atoms with E-state index >= 15 is 0 Å². The van der Waals surface area contributed by atoms with E-state index in [-0.39, 0.29) is 11.3 Å². The SMILES string of the molecule is O=Cc1cc(-c2cccc(OC(F)(F)F)c2)ccc1[N+](=O)[O-]. The Bertz CT molecular complexity index is 728. The molecule has 5 nitrogen and oxygen atoms in total. The van der Waals surface area contributed by atoms with Crippen molar-refractivity contribution in [2.45, 2.75) is 6.36 Å². The molecule has 0 saturated carbocycles. The molecular formula is C14H8F3NO4. The number of nitro groups is 1. The smallest absolute Gasteiger partial charge is 0.406 e. The summed E-state index contributed by atoms with van der Waals surface area (Å²) >= 11 is 0. The molecule has 0 aliphatic carbocycles. The minimum Gasteiger partial charge on any atom is -0.406 e. The topological polar surface area (TPSA) is 69.4 Å². The zero-order valence-corrected chi connectivity index (χ0v) is 10.8. The number of nitrogens with zero attached hydrogens (tertiary/aromatic N) is 1. The summed E-state index contributed by atoms with van der Waals surface area (Å²) in [5.41, 5.74) is 0.158. The average molecular weight is 311 g/mol. The maximum Gasteiger partial charge on any atom is 0.573 e. The maximum atomic E-state index is 12.2. The third-order valence-electron chi connectivity index (χ3n) is 2.75. The highest BCUT2D eigenvalue weighted by Crippen LogP contribution is 2.30. The van der Waals surface area contributed by atoms with E-state index in [4.69, 9.17) is 0 Å². The van der Waals surface area contributed by atoms with E-state index < -0.39 is 17.0 Å². The Morgan fingerprint density at radius 1 is 1.09 bits per heavy atom. The minimum atomic E-state index is -4.82. The maximum absolute atomic E-state index is 12.2. The lowest BCUT2D eigenvalue weighted by Crippen LogP contribution is -2.17. The van der Waals surface area contributed by atoms with Gasteiger partial charge in [-0.25, -0.2) is 0 Å². The van der Waals surface area contributed by atoms with Gasteiger partial charge >= 0.3 is 6.36 Å². The van der Waals surface area contributed by atoms with Crippen molar-refractivity contribution in [1.29, 1.82) is 0 Å². The van der Waals surface area contributed by atoms with E-state index in [1.165, 1.54) is 24.3 Å². The van der Waals surface area contributed by atoms with Gasteiger partial charge in [-0.15, -0.1) is 13.2 Å². The van der Waals surface area contributed by atoms with Crippen LogP contribution in [0.5, 0.6) is 5.75 Å². The number of hydrogen-bond donors (Lipinski definition) is 0. The Kier molecular flexibility index (Phi) is 4.11. The summed E-state index contributed by atoms with van der Waals surface area (Å²) in [7, 11) is 0. The van der Waals surface area contributed by atoms with Gasteiger partial charge in [-0.2, -0.15) is 0 Å². The zero-order chi connectivity index (χ0) is 16.3. The summed E-state index contributed by atoms with van der Waals surface area (Å²) in [5.74, 6) is -0.420. The van der Waals surface area contributed by atoms with Gasteiger partial charge in [0, 0.05) is 6.07 Å². The normalized spacial score (nSPS) is 11.0. The molecule has 2 rings (SSSR count). The second-order valence-corrected chi connectivity index (χ2v) is 4.22. The largest absolute Gasteiger partial charge is 0.573 e. The van der Waals surface area contributed by atoms with Crippen LogP contribution in [0.1, 0.15) is 10.4 Å². The van der Waals surface area contributed by atoms with E-state index in [9.17, 15) is 28.1 Å². The fourth-order valence-corrected chi connectivity index (χ4v) is 1.87. The summed E-state index contributed by atoms with van der Waals surface area (Å²) < 4.78 is 40.4. The predicted octanol–water partition coefficient (Wildman–Crippen LogP) is 3.97. The van der Waals surface area contributed by atoms with E-state index in [2.05, 4.69) is 4.74 Å². The molecule has 8 heteroatoms. The molecular weight excluding hydrogens is 303 g/mol. The molecule has 0 fully saturated rings. The number of benzene rings is 2. The van der Waals surface area contributed by atoms with Crippen LogP contribution in [0.2, 0.25) is 0 Å². The highest BCUT2D eigenvalue weighted by Gasteiger charge is 2.31. The molecule has 0 aliphatic rings. The second-order valence-electron chi connectivity index (χ2n) is 4.22. The number of carbonyl (C=O) groups excluding carboxylic acids is 1. The Hall–Kier alpha value is -2.90. The lowest BCUT2D eigenvalue weighted by Gasteiger charge is -2.10. The Morgan fingerprint density at radius 3 is 2.36 bits per heavy atom. The highest BCUT2D eigenvalue weighted by atomic mass is 19.4. The van der Waals surface area contributed by atoms with Gasteiger partial charge < -0.3 is 4.74 Å². The molecule has 114 valence electrons. The molecule has 0 unspecified atom stereocenters. The van der Waals surface area contributed by atoms with Gasteiger partial charge in [-0.05, 0) is 35.4 Å². The standard InChI is InChI=1S/C14H8F3NO4/c15-14(16,17)22-12-3-1-2-9(7-12)10-4-5-13(18(20)21)11(6-10)8-19/h1-8H. The Balaban J connectivity index is 2.42. The number of carbonyl (C=O) groups is 1. The molecule has 0 radical (unpaired) electrons. The monoisotopic (exact) mass is 311 g/mol. The molecule has 0 saturated heterocycles. The van der Waals surface area contributed by atoms with Crippen molar-refractivity contribution in [2.75, 3.05) is 0 Å². The van der Waals surface area contributed by atoms with Crippen molar-refractivity contribution < 1.29 is 27.6 Å². The van der Waals surface area contributed by atoms with Gasteiger partial charge in [0.15, 0.2) is 6.29 Å². The minimum absolute atomic E-state index is 0.162. The van der Waals surface area contributed by atoms with Crippen LogP contribution in [-0.4, -0.2) is 17.6 Å². The first-order valence-electron chi connectivity index (χ1n) is 5.90. The molecule has 0 atom stereocenters. The van der Waals surface area contributed by atoms with E-state index in [1.54, 1.807) is 0 Å². The lowest BCUT2D eigenvalue weighted by molar-refractivity contribution is -0.385. The van der Waals surface area contributed by atoms with Crippen LogP contribution >= 0.6 is 0 Å². The summed E-state index contributed by atoms with van der Waals surface area (Å²) in [6, 6.07) is 8.80. The first kappa shape index (κ1) is 15.5. The van der Waals surface area contributed by atoms with Crippen molar-refractivity contribution in [2.24, 2.45) is 0 Å². The highest BCUT2D eigenvalue weighted by molar-refractivity contribution is 5.84. The fourth-order valence-electron chi connectivity index (χ4n) is 1.87. The molecule has 2 aromatic rings. The fraction of sp³-hybridized carbons (Fsp3) is 0.0714. The van der Waals surface area contributed by atoms with Crippen LogP contribution < -0.4 is 4.74 Å². The van der Waals surface area contributed by atoms with Gasteiger partial charge in [-0.1, -0.05) is 12.1 Å². The van der Waals surface area contributed by atoms with E-state index in [1.807, 2.05) is 0 Å². The van der Waals surface area contributed by atoms with Crippen molar-refractivity contribution >= 4 is 12.0 Å². The number of alkyl halides is 3. The van der Waals surface area contributed by atoms with Crippen molar-refractivity contribution in [3.63, 3.8) is 0 Å². The number of nitro benzene ring substituents is 1. The van der Waals surface area contributed by atoms with Gasteiger partial charge in [-0.3, -0.25) is 14.9 Å². The third kappa shape index (κ3) is 3.60. The summed E-state index contributed by atoms with van der Waals surface area (Å²) in [6.45, 7) is 0. The number of hydrogen-bond acceptors (Lipinski definition) is 4. The van der Waals surface area contributed by atoms with Crippen LogP contribution in [0, 0.1) is 10.1 Å². The lowest BCUT2D eigenvalue weighted by atomic mass is 10.0. The average Bonchev–Trinajstić information content (AvgIpc) is 2.45. The molecule has 0 N–H and O–H groups in total. The number of halogens is 3. The Labute approximate surface area is 122 Å². The first-order chi connectivity index (χ1) is 10.3. The van der Waals surface area contributed by atoms with Crippen LogP contribution in [0.15, 0.2) is 42.5 Å². The quantitative estimate of drug-likeness (QED) is 0.486. The molecule has 0 aromatic heterocycles. The first-order valence-corrected chi connectivity index (χ1v) is 5.90. The predicted molar refractivity (Wildman–Crippen MR) is 70.6 cm³/mol. The van der Waals surface area contributed by atoms with Crippen LogP contribution in [-0.2, 0) is 0 Å². The van der Waals surface area contributed by atoms with Crippen molar-refractivity contribution in [3.05, 3.63) is 58.1 Å². The molecule has 0 amide bonds. The molecule has 0 heterocycles. The van der Waals surface area contributed by atoms with Crippen LogP contribution in [0.25, 0.3) is 11.1 Å². The Morgan fingerprint density at radius 2 is 1.77 bits per heavy atom. The van der Waals surface area contributed by atoms with E-state index in [0.29, 0.717) is 17.4 Å². The number of ether oxygens (including phenoxy) is 1. The van der Waals surface area contributed by atoms with Gasteiger partial charge in [0.05, 0.1) is 10.5 Å². The van der Waals surface area contributed by atoms with Gasteiger partial charge in [0.25, 0.3) is 5.69 Å². The number of rotatable bonds is 4. The van der Waals surface area contributed by atoms with E-state index in [0.717, 1.165) is 18.2 Å². The molecule has 0 aliphatic heterocycles. The van der Waals surface area contributed by atoms with Crippen LogP contribution in [0.3, 0.4) is 0 Å². The van der Waals surface area contributed by atoms with Gasteiger partial charge in [0.1, 0.15) is 5.75 Å². The zero-order valence-electron chi connectivity index (χ0n) is 10.8. The van der Waals surface area contributed by atoms with Crippen molar-refractivity contribution in [3.8, 4) is 16.9 Å². The summed E-state index contributed by atoms with van der Waals surface area (Å²) in [5, 5.41) is 10.7. The molecule has 22 heavy (non-hydrogen) atoms.